The van der Waals surface area contributed by atoms with Crippen molar-refractivity contribution in [3.05, 3.63) is 65.3 Å². The van der Waals surface area contributed by atoms with E-state index >= 15 is 0 Å². The summed E-state index contributed by atoms with van der Waals surface area (Å²) >= 11 is 1.51. The first kappa shape index (κ1) is 18.2. The number of carbonyl (C=O) groups excluding carboxylic acids is 1. The molecule has 134 valence electrons. The minimum atomic E-state index is -3.34. The summed E-state index contributed by atoms with van der Waals surface area (Å²) in [5.41, 5.74) is 2.02. The highest BCUT2D eigenvalue weighted by atomic mass is 32.2. The lowest BCUT2D eigenvalue weighted by atomic mass is 10.2. The highest BCUT2D eigenvalue weighted by Gasteiger charge is 2.12. The number of sulfone groups is 1. The highest BCUT2D eigenvalue weighted by Crippen LogP contribution is 2.21. The van der Waals surface area contributed by atoms with Gasteiger partial charge >= 0.3 is 0 Å². The lowest BCUT2D eigenvalue weighted by Crippen LogP contribution is -2.25. The summed E-state index contributed by atoms with van der Waals surface area (Å²) in [4.78, 5) is 21.1. The van der Waals surface area contributed by atoms with E-state index in [9.17, 15) is 13.2 Å². The summed E-state index contributed by atoms with van der Waals surface area (Å²) in [6, 6.07) is 11.7. The summed E-state index contributed by atoms with van der Waals surface area (Å²) in [6.45, 7) is 0.410. The summed E-state index contributed by atoms with van der Waals surface area (Å²) in [7, 11) is -3.34. The Morgan fingerprint density at radius 1 is 1.19 bits per heavy atom. The number of aromatic nitrogens is 2. The van der Waals surface area contributed by atoms with Gasteiger partial charge in [-0.25, -0.2) is 13.4 Å². The smallest absolute Gasteiger partial charge is 0.251 e. The van der Waals surface area contributed by atoms with Gasteiger partial charge in [-0.15, -0.1) is 11.3 Å². The van der Waals surface area contributed by atoms with E-state index in [4.69, 9.17) is 0 Å². The molecule has 6 nitrogen and oxygen atoms in total. The number of nitrogens with one attached hydrogen (secondary N) is 1. The van der Waals surface area contributed by atoms with Gasteiger partial charge in [0.25, 0.3) is 5.91 Å². The van der Waals surface area contributed by atoms with Crippen LogP contribution in [0.2, 0.25) is 0 Å². The standard InChI is InChI=1S/C18H17N3O3S2/c1-26(23,24)15-6-4-5-13(11-15)17(22)20-10-8-14-12-25-18(21-14)16-7-2-3-9-19-16/h2-7,9,11-12H,8,10H2,1H3,(H,20,22). The Morgan fingerprint density at radius 2 is 2.04 bits per heavy atom. The van der Waals surface area contributed by atoms with Gasteiger partial charge in [0.15, 0.2) is 9.84 Å². The van der Waals surface area contributed by atoms with Gasteiger partial charge in [-0.1, -0.05) is 12.1 Å². The molecule has 0 spiro atoms. The quantitative estimate of drug-likeness (QED) is 0.702. The van der Waals surface area contributed by atoms with Crippen molar-refractivity contribution in [2.75, 3.05) is 12.8 Å². The summed E-state index contributed by atoms with van der Waals surface area (Å²) in [5, 5.41) is 5.58. The van der Waals surface area contributed by atoms with Crippen LogP contribution >= 0.6 is 11.3 Å². The molecule has 0 aliphatic heterocycles. The zero-order valence-corrected chi connectivity index (χ0v) is 15.7. The first-order valence-electron chi connectivity index (χ1n) is 7.87. The first-order valence-corrected chi connectivity index (χ1v) is 10.6. The molecule has 0 unspecified atom stereocenters. The van der Waals surface area contributed by atoms with E-state index in [1.165, 1.54) is 23.5 Å². The number of carbonyl (C=O) groups is 1. The first-order chi connectivity index (χ1) is 12.4. The van der Waals surface area contributed by atoms with Crippen LogP contribution in [-0.2, 0) is 16.3 Å². The van der Waals surface area contributed by atoms with Gasteiger partial charge in [0.2, 0.25) is 0 Å². The van der Waals surface area contributed by atoms with E-state index < -0.39 is 9.84 Å². The summed E-state index contributed by atoms with van der Waals surface area (Å²) in [6.07, 6.45) is 3.42. The number of hydrogen-bond donors (Lipinski definition) is 1. The number of pyridine rings is 1. The van der Waals surface area contributed by atoms with Crippen molar-refractivity contribution in [3.63, 3.8) is 0 Å². The van der Waals surface area contributed by atoms with Crippen LogP contribution in [0.25, 0.3) is 10.7 Å². The van der Waals surface area contributed by atoms with Gasteiger partial charge in [0, 0.05) is 36.4 Å². The van der Waals surface area contributed by atoms with Gasteiger partial charge in [0.05, 0.1) is 16.3 Å². The van der Waals surface area contributed by atoms with E-state index in [1.54, 1.807) is 18.3 Å². The average Bonchev–Trinajstić information content (AvgIpc) is 3.11. The van der Waals surface area contributed by atoms with E-state index in [2.05, 4.69) is 15.3 Å². The molecule has 8 heteroatoms. The predicted molar refractivity (Wildman–Crippen MR) is 101 cm³/mol. The lowest BCUT2D eigenvalue weighted by molar-refractivity contribution is 0.0954. The van der Waals surface area contributed by atoms with Crippen molar-refractivity contribution in [3.8, 4) is 10.7 Å². The Morgan fingerprint density at radius 3 is 2.77 bits per heavy atom. The van der Waals surface area contributed by atoms with Gasteiger partial charge in [0.1, 0.15) is 5.01 Å². The number of amides is 1. The monoisotopic (exact) mass is 387 g/mol. The number of thiazole rings is 1. The highest BCUT2D eigenvalue weighted by molar-refractivity contribution is 7.90. The molecule has 0 bridgehead atoms. The summed E-state index contributed by atoms with van der Waals surface area (Å²) < 4.78 is 23.2. The number of nitrogens with zero attached hydrogens (tertiary/aromatic N) is 2. The molecule has 0 saturated carbocycles. The van der Waals surface area contributed by atoms with Crippen molar-refractivity contribution in [2.45, 2.75) is 11.3 Å². The topological polar surface area (TPSA) is 89.0 Å². The molecule has 1 aromatic carbocycles. The van der Waals surface area contributed by atoms with Gasteiger partial charge in [-0.2, -0.15) is 0 Å². The Labute approximate surface area is 155 Å². The van der Waals surface area contributed by atoms with E-state index in [1.807, 2.05) is 23.6 Å². The third-order valence-electron chi connectivity index (χ3n) is 3.63. The van der Waals surface area contributed by atoms with Crippen molar-refractivity contribution >= 4 is 27.1 Å². The molecule has 3 rings (SSSR count). The third kappa shape index (κ3) is 4.53. The normalized spacial score (nSPS) is 11.3. The van der Waals surface area contributed by atoms with Crippen molar-refractivity contribution in [2.24, 2.45) is 0 Å². The molecule has 0 radical (unpaired) electrons. The second-order valence-corrected chi connectivity index (χ2v) is 8.54. The fourth-order valence-electron chi connectivity index (χ4n) is 2.30. The minimum Gasteiger partial charge on any atom is -0.352 e. The molecule has 0 aliphatic rings. The van der Waals surface area contributed by atoms with Crippen LogP contribution < -0.4 is 5.32 Å². The second kappa shape index (κ2) is 7.76. The molecule has 0 fully saturated rings. The van der Waals surface area contributed by atoms with Crippen LogP contribution in [0, 0.1) is 0 Å². The summed E-state index contributed by atoms with van der Waals surface area (Å²) in [5.74, 6) is -0.310. The second-order valence-electron chi connectivity index (χ2n) is 5.66. The zero-order chi connectivity index (χ0) is 18.6. The SMILES string of the molecule is CS(=O)(=O)c1cccc(C(=O)NCCc2csc(-c3ccccn3)n2)c1. The maximum atomic E-state index is 12.2. The molecule has 26 heavy (non-hydrogen) atoms. The maximum absolute atomic E-state index is 12.2. The fraction of sp³-hybridized carbons (Fsp3) is 0.167. The molecule has 2 heterocycles. The Bertz CT molecular complexity index is 1010. The number of benzene rings is 1. The number of hydrogen-bond acceptors (Lipinski definition) is 6. The van der Waals surface area contributed by atoms with E-state index in [0.29, 0.717) is 18.5 Å². The Balaban J connectivity index is 1.59. The fourth-order valence-corrected chi connectivity index (χ4v) is 3.80. The molecule has 2 aromatic heterocycles. The molecule has 0 atom stereocenters. The number of rotatable bonds is 6. The molecular formula is C18H17N3O3S2. The van der Waals surface area contributed by atoms with Crippen LogP contribution in [0.1, 0.15) is 16.1 Å². The van der Waals surface area contributed by atoms with Crippen LogP contribution in [0.4, 0.5) is 0 Å². The Kier molecular flexibility index (Phi) is 5.43. The Hall–Kier alpha value is -2.58. The minimum absolute atomic E-state index is 0.129. The van der Waals surface area contributed by atoms with Gasteiger partial charge in [-0.05, 0) is 30.3 Å². The molecule has 0 saturated heterocycles. The van der Waals surface area contributed by atoms with Crippen LogP contribution in [0.3, 0.4) is 0 Å². The van der Waals surface area contributed by atoms with E-state index in [-0.39, 0.29) is 10.8 Å². The zero-order valence-electron chi connectivity index (χ0n) is 14.0. The van der Waals surface area contributed by atoms with E-state index in [0.717, 1.165) is 22.7 Å². The van der Waals surface area contributed by atoms with Crippen molar-refractivity contribution in [1.29, 1.82) is 0 Å². The molecule has 1 N–H and O–H groups in total. The van der Waals surface area contributed by atoms with Gasteiger partial charge in [-0.3, -0.25) is 9.78 Å². The average molecular weight is 387 g/mol. The lowest BCUT2D eigenvalue weighted by Gasteiger charge is -2.05. The molecule has 3 aromatic rings. The molecule has 0 aliphatic carbocycles. The van der Waals surface area contributed by atoms with Crippen LogP contribution in [0.5, 0.6) is 0 Å². The van der Waals surface area contributed by atoms with Crippen molar-refractivity contribution < 1.29 is 13.2 Å². The predicted octanol–water partition coefficient (Wildman–Crippen LogP) is 2.58. The van der Waals surface area contributed by atoms with Crippen molar-refractivity contribution in [1.82, 2.24) is 15.3 Å². The largest absolute Gasteiger partial charge is 0.352 e. The van der Waals surface area contributed by atoms with Crippen LogP contribution in [0.15, 0.2) is 58.9 Å². The van der Waals surface area contributed by atoms with Crippen LogP contribution in [-0.4, -0.2) is 37.1 Å². The molecular weight excluding hydrogens is 370 g/mol. The molecule has 1 amide bonds. The van der Waals surface area contributed by atoms with Gasteiger partial charge < -0.3 is 5.32 Å². The maximum Gasteiger partial charge on any atom is 0.251 e. The third-order valence-corrected chi connectivity index (χ3v) is 5.65.